The van der Waals surface area contributed by atoms with E-state index in [-0.39, 0.29) is 17.5 Å². The van der Waals surface area contributed by atoms with E-state index in [9.17, 15) is 9.18 Å². The van der Waals surface area contributed by atoms with Crippen molar-refractivity contribution in [3.05, 3.63) is 83.7 Å². The number of fused-ring (bicyclic) bond motifs is 1. The van der Waals surface area contributed by atoms with E-state index in [2.05, 4.69) is 23.3 Å². The molecule has 1 heterocycles. The molecule has 0 aliphatic heterocycles. The van der Waals surface area contributed by atoms with Crippen molar-refractivity contribution in [2.45, 2.75) is 25.3 Å². The van der Waals surface area contributed by atoms with Gasteiger partial charge in [0.2, 0.25) is 5.91 Å². The molecular weight excluding hydrogens is 409 g/mol. The standard InChI is InChI=1S/C25H22FN3OS/c1-3-17-6-13-22-21(14-17)25(29-24(28-22)18-7-9-19(26)10-8-18)31-15-23(30)27-20-11-4-16(2)5-12-20/h4-14H,3,15H2,1-2H3,(H,27,30). The highest BCUT2D eigenvalue weighted by molar-refractivity contribution is 8.00. The van der Waals surface area contributed by atoms with Crippen LogP contribution in [-0.4, -0.2) is 21.6 Å². The number of carbonyl (C=O) groups is 1. The number of hydrogen-bond acceptors (Lipinski definition) is 4. The summed E-state index contributed by atoms with van der Waals surface area (Å²) in [6.07, 6.45) is 0.896. The Bertz CT molecular complexity index is 1220. The van der Waals surface area contributed by atoms with Gasteiger partial charge >= 0.3 is 0 Å². The Morgan fingerprint density at radius 2 is 1.74 bits per heavy atom. The van der Waals surface area contributed by atoms with Crippen LogP contribution in [0.25, 0.3) is 22.3 Å². The lowest BCUT2D eigenvalue weighted by atomic mass is 10.1. The van der Waals surface area contributed by atoms with Gasteiger partial charge in [0, 0.05) is 16.6 Å². The number of nitrogens with one attached hydrogen (secondary N) is 1. The lowest BCUT2D eigenvalue weighted by Crippen LogP contribution is -2.14. The first-order valence-electron chi connectivity index (χ1n) is 10.1. The van der Waals surface area contributed by atoms with Crippen molar-refractivity contribution in [1.29, 1.82) is 0 Å². The van der Waals surface area contributed by atoms with Crippen LogP contribution in [0, 0.1) is 12.7 Å². The zero-order valence-corrected chi connectivity index (χ0v) is 18.2. The molecule has 156 valence electrons. The van der Waals surface area contributed by atoms with E-state index in [4.69, 9.17) is 4.98 Å². The van der Waals surface area contributed by atoms with Crippen LogP contribution < -0.4 is 5.32 Å². The summed E-state index contributed by atoms with van der Waals surface area (Å²) in [4.78, 5) is 21.9. The highest BCUT2D eigenvalue weighted by atomic mass is 32.2. The van der Waals surface area contributed by atoms with Crippen LogP contribution in [-0.2, 0) is 11.2 Å². The molecule has 4 nitrogen and oxygen atoms in total. The lowest BCUT2D eigenvalue weighted by molar-refractivity contribution is -0.113. The van der Waals surface area contributed by atoms with E-state index < -0.39 is 0 Å². The number of anilines is 1. The minimum atomic E-state index is -0.306. The van der Waals surface area contributed by atoms with Gasteiger partial charge in [0.05, 0.1) is 11.3 Å². The number of thioether (sulfide) groups is 1. The molecule has 0 saturated carbocycles. The molecule has 6 heteroatoms. The molecule has 0 unspecified atom stereocenters. The van der Waals surface area contributed by atoms with Gasteiger partial charge in [-0.1, -0.05) is 42.4 Å². The van der Waals surface area contributed by atoms with E-state index in [0.29, 0.717) is 5.82 Å². The summed E-state index contributed by atoms with van der Waals surface area (Å²) in [6.45, 7) is 4.10. The van der Waals surface area contributed by atoms with E-state index in [1.165, 1.54) is 29.5 Å². The Hall–Kier alpha value is -3.25. The SMILES string of the molecule is CCc1ccc2nc(-c3ccc(F)cc3)nc(SCC(=O)Nc3ccc(C)cc3)c2c1. The number of halogens is 1. The molecule has 3 aromatic carbocycles. The van der Waals surface area contributed by atoms with Crippen molar-refractivity contribution in [1.82, 2.24) is 9.97 Å². The van der Waals surface area contributed by atoms with E-state index in [0.717, 1.165) is 39.2 Å². The van der Waals surface area contributed by atoms with Crippen molar-refractivity contribution in [3.8, 4) is 11.4 Å². The molecule has 1 N–H and O–H groups in total. The van der Waals surface area contributed by atoms with Crippen LogP contribution in [0.3, 0.4) is 0 Å². The topological polar surface area (TPSA) is 54.9 Å². The molecule has 1 amide bonds. The van der Waals surface area contributed by atoms with Crippen LogP contribution in [0.5, 0.6) is 0 Å². The smallest absolute Gasteiger partial charge is 0.234 e. The molecule has 0 atom stereocenters. The number of aryl methyl sites for hydroxylation is 2. The highest BCUT2D eigenvalue weighted by Gasteiger charge is 2.13. The van der Waals surface area contributed by atoms with Gasteiger partial charge in [0.15, 0.2) is 5.82 Å². The third kappa shape index (κ3) is 5.09. The number of hydrogen-bond donors (Lipinski definition) is 1. The first-order chi connectivity index (χ1) is 15.0. The predicted molar refractivity (Wildman–Crippen MR) is 125 cm³/mol. The molecule has 31 heavy (non-hydrogen) atoms. The van der Waals surface area contributed by atoms with Crippen molar-refractivity contribution < 1.29 is 9.18 Å². The molecule has 4 aromatic rings. The third-order valence-electron chi connectivity index (χ3n) is 4.91. The fourth-order valence-corrected chi connectivity index (χ4v) is 3.98. The molecule has 0 saturated heterocycles. The Balaban J connectivity index is 1.62. The Morgan fingerprint density at radius 1 is 1.00 bits per heavy atom. The van der Waals surface area contributed by atoms with E-state index in [1.54, 1.807) is 12.1 Å². The maximum Gasteiger partial charge on any atom is 0.234 e. The molecule has 4 rings (SSSR count). The minimum Gasteiger partial charge on any atom is -0.325 e. The number of rotatable bonds is 6. The number of nitrogens with zero attached hydrogens (tertiary/aromatic N) is 2. The van der Waals surface area contributed by atoms with Crippen LogP contribution in [0.4, 0.5) is 10.1 Å². The van der Waals surface area contributed by atoms with Crippen LogP contribution >= 0.6 is 11.8 Å². The summed E-state index contributed by atoms with van der Waals surface area (Å²) in [6, 6.07) is 19.9. The first-order valence-corrected chi connectivity index (χ1v) is 11.1. The van der Waals surface area contributed by atoms with Crippen LogP contribution in [0.1, 0.15) is 18.1 Å². The second-order valence-corrected chi connectivity index (χ2v) is 8.23. The Morgan fingerprint density at radius 3 is 2.45 bits per heavy atom. The first kappa shape index (κ1) is 21.0. The van der Waals surface area contributed by atoms with Crippen molar-refractivity contribution in [2.75, 3.05) is 11.1 Å². The van der Waals surface area contributed by atoms with Gasteiger partial charge in [-0.2, -0.15) is 0 Å². The van der Waals surface area contributed by atoms with Crippen LogP contribution in [0.15, 0.2) is 71.8 Å². The molecule has 0 aliphatic carbocycles. The van der Waals surface area contributed by atoms with Crippen LogP contribution in [0.2, 0.25) is 0 Å². The van der Waals surface area contributed by atoms with Gasteiger partial charge in [0.1, 0.15) is 10.8 Å². The second kappa shape index (κ2) is 9.27. The van der Waals surface area contributed by atoms with Gasteiger partial charge < -0.3 is 5.32 Å². The highest BCUT2D eigenvalue weighted by Crippen LogP contribution is 2.29. The summed E-state index contributed by atoms with van der Waals surface area (Å²) < 4.78 is 13.3. The van der Waals surface area contributed by atoms with Gasteiger partial charge in [-0.05, 0) is 67.4 Å². The molecule has 0 aliphatic rings. The zero-order valence-electron chi connectivity index (χ0n) is 17.4. The predicted octanol–water partition coefficient (Wildman–Crippen LogP) is 6.04. The van der Waals surface area contributed by atoms with Crippen molar-refractivity contribution in [3.63, 3.8) is 0 Å². The normalized spacial score (nSPS) is 10.9. The zero-order chi connectivity index (χ0) is 21.8. The van der Waals surface area contributed by atoms with Crippen molar-refractivity contribution >= 4 is 34.3 Å². The fourth-order valence-electron chi connectivity index (χ4n) is 3.17. The Labute approximate surface area is 184 Å². The summed E-state index contributed by atoms with van der Waals surface area (Å²) in [5, 5.41) is 4.57. The number of amides is 1. The summed E-state index contributed by atoms with van der Waals surface area (Å²) >= 11 is 1.37. The maximum absolute atomic E-state index is 13.3. The molecule has 0 fully saturated rings. The third-order valence-corrected chi connectivity index (χ3v) is 5.90. The molecule has 0 bridgehead atoms. The lowest BCUT2D eigenvalue weighted by Gasteiger charge is -2.10. The minimum absolute atomic E-state index is 0.101. The van der Waals surface area contributed by atoms with Crippen molar-refractivity contribution in [2.24, 2.45) is 0 Å². The quantitative estimate of drug-likeness (QED) is 0.299. The number of aromatic nitrogens is 2. The molecule has 0 spiro atoms. The second-order valence-electron chi connectivity index (χ2n) is 7.27. The van der Waals surface area contributed by atoms with Gasteiger partial charge in [-0.25, -0.2) is 14.4 Å². The molecule has 1 aromatic heterocycles. The largest absolute Gasteiger partial charge is 0.325 e. The molecule has 0 radical (unpaired) electrons. The average molecular weight is 432 g/mol. The van der Waals surface area contributed by atoms with E-state index in [1.807, 2.05) is 43.3 Å². The maximum atomic E-state index is 13.3. The summed E-state index contributed by atoms with van der Waals surface area (Å²) in [5.41, 5.74) is 4.61. The number of benzene rings is 3. The van der Waals surface area contributed by atoms with Gasteiger partial charge in [0.25, 0.3) is 0 Å². The van der Waals surface area contributed by atoms with Gasteiger partial charge in [-0.15, -0.1) is 0 Å². The number of carbonyl (C=O) groups excluding carboxylic acids is 1. The Kier molecular flexibility index (Phi) is 6.28. The average Bonchev–Trinajstić information content (AvgIpc) is 2.79. The summed E-state index contributed by atoms with van der Waals surface area (Å²) in [7, 11) is 0. The summed E-state index contributed by atoms with van der Waals surface area (Å²) in [5.74, 6) is 0.326. The van der Waals surface area contributed by atoms with E-state index >= 15 is 0 Å². The molecular formula is C25H22FN3OS. The fraction of sp³-hybridized carbons (Fsp3) is 0.160. The monoisotopic (exact) mass is 431 g/mol. The van der Waals surface area contributed by atoms with Gasteiger partial charge in [-0.3, -0.25) is 4.79 Å².